The van der Waals surface area contributed by atoms with Crippen molar-refractivity contribution < 1.29 is 18.8 Å². The van der Waals surface area contributed by atoms with Gasteiger partial charge in [0.25, 0.3) is 0 Å². The molecule has 10 heteroatoms. The molecule has 2 N–H and O–H groups in total. The number of nitriles is 1. The lowest BCUT2D eigenvalue weighted by atomic mass is 10.2. The normalized spacial score (nSPS) is 14.5. The Labute approximate surface area is 173 Å². The van der Waals surface area contributed by atoms with Gasteiger partial charge in [0.05, 0.1) is 44.5 Å². The van der Waals surface area contributed by atoms with Crippen LogP contribution in [0.1, 0.15) is 6.42 Å². The van der Waals surface area contributed by atoms with Gasteiger partial charge in [0, 0.05) is 12.1 Å². The minimum atomic E-state index is -0.304. The number of benzene rings is 1. The van der Waals surface area contributed by atoms with E-state index in [1.54, 1.807) is 12.1 Å². The number of halogens is 1. The second-order valence-corrected chi connectivity index (χ2v) is 7.57. The summed E-state index contributed by atoms with van der Waals surface area (Å²) in [5.41, 5.74) is 0.779. The maximum atomic E-state index is 13.3. The molecule has 3 rings (SSSR count). The molecule has 1 fully saturated rings. The van der Waals surface area contributed by atoms with Gasteiger partial charge in [-0.25, -0.2) is 4.39 Å². The Morgan fingerprint density at radius 2 is 2.07 bits per heavy atom. The number of carbonyl (C=O) groups excluding carboxylic acids is 1. The van der Waals surface area contributed by atoms with Crippen LogP contribution >= 0.6 is 11.8 Å². The second-order valence-electron chi connectivity index (χ2n) is 6.62. The van der Waals surface area contributed by atoms with Crippen molar-refractivity contribution in [1.82, 2.24) is 20.1 Å². The van der Waals surface area contributed by atoms with E-state index in [4.69, 9.17) is 10.00 Å². The average Bonchev–Trinajstić information content (AvgIpc) is 3.15. The highest BCUT2D eigenvalue weighted by atomic mass is 32.2. The molecule has 8 nitrogen and oxygen atoms in total. The Morgan fingerprint density at radius 1 is 1.31 bits per heavy atom. The maximum Gasteiger partial charge on any atom is 0.230 e. The first-order chi connectivity index (χ1) is 14.2. The Balaban J connectivity index is 1.71. The number of nitrogens with zero attached hydrogens (tertiary/aromatic N) is 4. The van der Waals surface area contributed by atoms with E-state index >= 15 is 0 Å². The second kappa shape index (κ2) is 10.9. The number of nitrogens with one attached hydrogen (secondary N) is 2. The Kier molecular flexibility index (Phi) is 7.98. The predicted molar refractivity (Wildman–Crippen MR) is 106 cm³/mol. The SMILES string of the molecule is N#CCCNC(=O)CSc1nnc(-c2ccc(F)cc2)n1CC[NH+]1CCOCC1. The van der Waals surface area contributed by atoms with E-state index in [0.717, 1.165) is 38.4 Å². The number of hydrogen-bond donors (Lipinski definition) is 2. The van der Waals surface area contributed by atoms with Gasteiger partial charge >= 0.3 is 0 Å². The molecule has 0 atom stereocenters. The molecule has 1 saturated heterocycles. The number of rotatable bonds is 9. The first kappa shape index (κ1) is 21.2. The minimum Gasteiger partial charge on any atom is -0.370 e. The molecule has 1 aliphatic heterocycles. The molecule has 2 heterocycles. The fraction of sp³-hybridized carbons (Fsp3) is 0.474. The van der Waals surface area contributed by atoms with Crippen LogP contribution in [-0.2, 0) is 16.1 Å². The third-order valence-electron chi connectivity index (χ3n) is 4.60. The van der Waals surface area contributed by atoms with Gasteiger partial charge in [-0.1, -0.05) is 11.8 Å². The Bertz CT molecular complexity index is 845. The first-order valence-corrected chi connectivity index (χ1v) is 10.5. The lowest BCUT2D eigenvalue weighted by Crippen LogP contribution is -3.14. The number of hydrogen-bond acceptors (Lipinski definition) is 6. The molecule has 1 aromatic carbocycles. The molecule has 0 spiro atoms. The van der Waals surface area contributed by atoms with Crippen LogP contribution in [0.5, 0.6) is 0 Å². The smallest absolute Gasteiger partial charge is 0.230 e. The number of morpholine rings is 1. The number of thioether (sulfide) groups is 1. The monoisotopic (exact) mass is 419 g/mol. The van der Waals surface area contributed by atoms with Gasteiger partial charge in [-0.05, 0) is 24.3 Å². The topological polar surface area (TPSA) is 97.3 Å². The van der Waals surface area contributed by atoms with Crippen molar-refractivity contribution in [1.29, 1.82) is 5.26 Å². The van der Waals surface area contributed by atoms with Crippen molar-refractivity contribution in [2.45, 2.75) is 18.1 Å². The summed E-state index contributed by atoms with van der Waals surface area (Å²) in [6.45, 7) is 5.34. The standard InChI is InChI=1S/C19H23FN6O2S/c20-16-4-2-15(3-5-16)18-23-24-19(29-14-17(27)22-7-1-6-21)26(18)9-8-25-10-12-28-13-11-25/h2-5H,1,7-14H2,(H,22,27)/p+1. The van der Waals surface area contributed by atoms with E-state index in [-0.39, 0.29) is 23.9 Å². The summed E-state index contributed by atoms with van der Waals surface area (Å²) < 4.78 is 20.7. The molecule has 1 amide bonds. The lowest BCUT2D eigenvalue weighted by Gasteiger charge is -2.24. The van der Waals surface area contributed by atoms with Crippen LogP contribution in [0.25, 0.3) is 11.4 Å². The lowest BCUT2D eigenvalue weighted by molar-refractivity contribution is -0.908. The number of ether oxygens (including phenoxy) is 1. The highest BCUT2D eigenvalue weighted by Crippen LogP contribution is 2.24. The van der Waals surface area contributed by atoms with Crippen LogP contribution in [0.4, 0.5) is 4.39 Å². The minimum absolute atomic E-state index is 0.151. The van der Waals surface area contributed by atoms with Crippen LogP contribution in [0, 0.1) is 17.1 Å². The molecule has 2 aromatic rings. The van der Waals surface area contributed by atoms with Crippen LogP contribution in [0.15, 0.2) is 29.4 Å². The fourth-order valence-corrected chi connectivity index (χ4v) is 3.82. The summed E-state index contributed by atoms with van der Waals surface area (Å²) in [7, 11) is 0. The van der Waals surface area contributed by atoms with Gasteiger partial charge in [0.2, 0.25) is 5.91 Å². The summed E-state index contributed by atoms with van der Waals surface area (Å²) in [5, 5.41) is 20.5. The van der Waals surface area contributed by atoms with E-state index in [9.17, 15) is 9.18 Å². The summed E-state index contributed by atoms with van der Waals surface area (Å²) in [6, 6.07) is 8.16. The number of carbonyl (C=O) groups is 1. The van der Waals surface area contributed by atoms with Crippen LogP contribution < -0.4 is 10.2 Å². The highest BCUT2D eigenvalue weighted by Gasteiger charge is 2.19. The van der Waals surface area contributed by atoms with Crippen LogP contribution in [0.2, 0.25) is 0 Å². The summed E-state index contributed by atoms with van der Waals surface area (Å²) in [6.07, 6.45) is 0.281. The molecule has 1 aromatic heterocycles. The quantitative estimate of drug-likeness (QED) is 0.443. The first-order valence-electron chi connectivity index (χ1n) is 9.54. The molecule has 29 heavy (non-hydrogen) atoms. The zero-order chi connectivity index (χ0) is 20.5. The Morgan fingerprint density at radius 3 is 2.79 bits per heavy atom. The Hall–Kier alpha value is -2.48. The molecule has 0 saturated carbocycles. The molecule has 0 radical (unpaired) electrons. The van der Waals surface area contributed by atoms with Gasteiger partial charge in [0.15, 0.2) is 11.0 Å². The maximum absolute atomic E-state index is 13.3. The molecule has 0 bridgehead atoms. The van der Waals surface area contributed by atoms with Gasteiger partial charge in [-0.2, -0.15) is 5.26 Å². The molecule has 0 aliphatic carbocycles. The van der Waals surface area contributed by atoms with E-state index in [1.165, 1.54) is 28.8 Å². The largest absolute Gasteiger partial charge is 0.370 e. The predicted octanol–water partition coefficient (Wildman–Crippen LogP) is 0.121. The van der Waals surface area contributed by atoms with Crippen LogP contribution in [0.3, 0.4) is 0 Å². The summed E-state index contributed by atoms with van der Waals surface area (Å²) in [4.78, 5) is 13.4. The molecule has 0 unspecified atom stereocenters. The fourth-order valence-electron chi connectivity index (χ4n) is 3.03. The van der Waals surface area contributed by atoms with Gasteiger partial charge in [-0.15, -0.1) is 10.2 Å². The summed E-state index contributed by atoms with van der Waals surface area (Å²) >= 11 is 1.30. The number of aromatic nitrogens is 3. The third kappa shape index (κ3) is 6.25. The van der Waals surface area contributed by atoms with E-state index in [1.807, 2.05) is 10.6 Å². The summed E-state index contributed by atoms with van der Waals surface area (Å²) in [5.74, 6) is 0.394. The van der Waals surface area contributed by atoms with Crippen LogP contribution in [-0.4, -0.2) is 65.8 Å². The van der Waals surface area contributed by atoms with Crippen molar-refractivity contribution in [3.8, 4) is 17.5 Å². The zero-order valence-corrected chi connectivity index (χ0v) is 16.9. The highest BCUT2D eigenvalue weighted by molar-refractivity contribution is 7.99. The molecular weight excluding hydrogens is 395 g/mol. The van der Waals surface area contributed by atoms with Crippen molar-refractivity contribution in [3.63, 3.8) is 0 Å². The van der Waals surface area contributed by atoms with E-state index < -0.39 is 0 Å². The van der Waals surface area contributed by atoms with Crippen molar-refractivity contribution in [2.24, 2.45) is 0 Å². The van der Waals surface area contributed by atoms with E-state index in [2.05, 4.69) is 15.5 Å². The average molecular weight is 420 g/mol. The number of quaternary nitrogens is 1. The molecule has 154 valence electrons. The van der Waals surface area contributed by atoms with Gasteiger partial charge in [-0.3, -0.25) is 9.36 Å². The number of amides is 1. The van der Waals surface area contributed by atoms with Gasteiger partial charge in [0.1, 0.15) is 18.9 Å². The van der Waals surface area contributed by atoms with E-state index in [0.29, 0.717) is 24.1 Å². The van der Waals surface area contributed by atoms with Crippen molar-refractivity contribution in [3.05, 3.63) is 30.1 Å². The van der Waals surface area contributed by atoms with Crippen molar-refractivity contribution >= 4 is 17.7 Å². The zero-order valence-electron chi connectivity index (χ0n) is 16.1. The van der Waals surface area contributed by atoms with Crippen molar-refractivity contribution in [2.75, 3.05) is 45.1 Å². The third-order valence-corrected chi connectivity index (χ3v) is 5.57. The molecular formula is C19H24FN6O2S+. The van der Waals surface area contributed by atoms with Gasteiger partial charge < -0.3 is 15.0 Å². The molecule has 1 aliphatic rings.